The van der Waals surface area contributed by atoms with Gasteiger partial charge in [0.25, 0.3) is 0 Å². The third kappa shape index (κ3) is 4.28. The first-order chi connectivity index (χ1) is 25.3. The van der Waals surface area contributed by atoms with E-state index in [1.165, 1.54) is 66.8 Å². The molecule has 7 aromatic rings. The zero-order chi connectivity index (χ0) is 33.8. The van der Waals surface area contributed by atoms with Gasteiger partial charge in [0.2, 0.25) is 0 Å². The van der Waals surface area contributed by atoms with E-state index >= 15 is 0 Å². The molecule has 0 spiro atoms. The van der Waals surface area contributed by atoms with Crippen LogP contribution in [0.25, 0.3) is 22.3 Å². The van der Waals surface area contributed by atoms with Crippen LogP contribution in [-0.2, 0) is 10.8 Å². The topological polar surface area (TPSA) is 12.0 Å². The number of nitrogens with one attached hydrogen (secondary N) is 1. The predicted octanol–water partition coefficient (Wildman–Crippen LogP) is 12.4. The van der Waals surface area contributed by atoms with E-state index in [0.29, 0.717) is 0 Å². The predicted molar refractivity (Wildman–Crippen MR) is 212 cm³/mol. The van der Waals surface area contributed by atoms with Crippen molar-refractivity contribution in [2.45, 2.75) is 23.7 Å². The third-order valence-electron chi connectivity index (χ3n) is 11.5. The van der Waals surface area contributed by atoms with Gasteiger partial charge < -0.3 is 5.32 Å². The molecule has 3 aliphatic rings. The van der Waals surface area contributed by atoms with E-state index in [0.717, 1.165) is 24.2 Å². The maximum Gasteiger partial charge on any atom is 0.0714 e. The minimum absolute atomic E-state index is 0.356. The number of hydrogen-bond acceptors (Lipinski definition) is 1. The van der Waals surface area contributed by atoms with Gasteiger partial charge in [-0.05, 0) is 98.3 Å². The summed E-state index contributed by atoms with van der Waals surface area (Å²) in [5, 5.41) is 3.92. The summed E-state index contributed by atoms with van der Waals surface area (Å²) < 4.78 is 0. The van der Waals surface area contributed by atoms with Crippen LogP contribution in [-0.4, -0.2) is 0 Å². The Labute approximate surface area is 300 Å². The lowest BCUT2D eigenvalue weighted by Crippen LogP contribution is -2.30. The Morgan fingerprint density at radius 2 is 0.824 bits per heavy atom. The molecule has 10 rings (SSSR count). The van der Waals surface area contributed by atoms with Crippen molar-refractivity contribution in [3.05, 3.63) is 239 Å². The molecule has 0 radical (unpaired) electrons. The van der Waals surface area contributed by atoms with Crippen molar-refractivity contribution in [3.8, 4) is 22.3 Å². The lowest BCUT2D eigenvalue weighted by molar-refractivity contribution is 0.693. The van der Waals surface area contributed by atoms with E-state index < -0.39 is 5.41 Å². The van der Waals surface area contributed by atoms with Gasteiger partial charge in [0.15, 0.2) is 0 Å². The highest BCUT2D eigenvalue weighted by Crippen LogP contribution is 2.59. The Hall–Kier alpha value is -6.18. The largest absolute Gasteiger partial charge is 0.356 e. The summed E-state index contributed by atoms with van der Waals surface area (Å²) in [6, 6.07) is 65.2. The molecular formula is C50H37N. The van der Waals surface area contributed by atoms with Crippen LogP contribution in [0.1, 0.15) is 51.8 Å². The minimum Gasteiger partial charge on any atom is -0.356 e. The van der Waals surface area contributed by atoms with Crippen molar-refractivity contribution in [1.29, 1.82) is 0 Å². The lowest BCUT2D eigenvalue weighted by Gasteiger charge is -2.37. The fourth-order valence-corrected chi connectivity index (χ4v) is 9.49. The van der Waals surface area contributed by atoms with Gasteiger partial charge in [0.1, 0.15) is 0 Å². The van der Waals surface area contributed by atoms with Gasteiger partial charge in [-0.2, -0.15) is 0 Å². The van der Waals surface area contributed by atoms with E-state index in [2.05, 4.69) is 199 Å². The Kier molecular flexibility index (Phi) is 6.82. The summed E-state index contributed by atoms with van der Waals surface area (Å²) in [6.45, 7) is 0. The Morgan fingerprint density at radius 1 is 0.392 bits per heavy atom. The quantitative estimate of drug-likeness (QED) is 0.189. The van der Waals surface area contributed by atoms with Crippen LogP contribution in [0.2, 0.25) is 0 Å². The molecule has 1 atom stereocenters. The SMILES string of the molecule is C1=CCCC(C2(c3ccccc3)c3ccccc3-c3ccc(Nc4ccc5c(c4)C(c4ccccc4)(c4ccccc4)c4ccccc4-5)cc32)=C1. The number of rotatable bonds is 6. The molecule has 0 bridgehead atoms. The van der Waals surface area contributed by atoms with Crippen molar-refractivity contribution in [2.24, 2.45) is 0 Å². The normalized spacial score (nSPS) is 17.5. The van der Waals surface area contributed by atoms with Crippen LogP contribution >= 0.6 is 0 Å². The highest BCUT2D eigenvalue weighted by atomic mass is 14.9. The molecule has 0 saturated carbocycles. The maximum absolute atomic E-state index is 3.92. The van der Waals surface area contributed by atoms with Gasteiger partial charge in [-0.1, -0.05) is 175 Å². The molecule has 7 aromatic carbocycles. The summed E-state index contributed by atoms with van der Waals surface area (Å²) in [5.74, 6) is 0. The van der Waals surface area contributed by atoms with E-state index in [1.54, 1.807) is 0 Å². The highest BCUT2D eigenvalue weighted by Gasteiger charge is 2.48. The molecule has 0 aromatic heterocycles. The third-order valence-corrected chi connectivity index (χ3v) is 11.5. The first kappa shape index (κ1) is 29.7. The fourth-order valence-electron chi connectivity index (χ4n) is 9.49. The summed E-state index contributed by atoms with van der Waals surface area (Å²) in [4.78, 5) is 0. The number of fused-ring (bicyclic) bond motifs is 6. The summed E-state index contributed by atoms with van der Waals surface area (Å²) in [7, 11) is 0. The van der Waals surface area contributed by atoms with Crippen molar-refractivity contribution in [2.75, 3.05) is 5.32 Å². The van der Waals surface area contributed by atoms with E-state index in [1.807, 2.05) is 0 Å². The van der Waals surface area contributed by atoms with E-state index in [-0.39, 0.29) is 5.41 Å². The number of benzene rings is 7. The zero-order valence-electron chi connectivity index (χ0n) is 28.4. The second kappa shape index (κ2) is 11.7. The second-order valence-corrected chi connectivity index (χ2v) is 14.0. The Bertz CT molecular complexity index is 2450. The average molecular weight is 652 g/mol. The molecular weight excluding hydrogens is 615 g/mol. The molecule has 0 saturated heterocycles. The summed E-state index contributed by atoms with van der Waals surface area (Å²) in [5.41, 5.74) is 17.3. The zero-order valence-corrected chi connectivity index (χ0v) is 28.4. The number of allylic oxidation sites excluding steroid dienone is 4. The molecule has 0 fully saturated rings. The minimum atomic E-state index is -0.435. The number of hydrogen-bond donors (Lipinski definition) is 1. The van der Waals surface area contributed by atoms with E-state index in [4.69, 9.17) is 0 Å². The fraction of sp³-hybridized carbons (Fsp3) is 0.0800. The number of anilines is 2. The van der Waals surface area contributed by atoms with Gasteiger partial charge >= 0.3 is 0 Å². The summed E-state index contributed by atoms with van der Waals surface area (Å²) in [6.07, 6.45) is 8.99. The van der Waals surface area contributed by atoms with Gasteiger partial charge in [-0.15, -0.1) is 0 Å². The molecule has 1 unspecified atom stereocenters. The van der Waals surface area contributed by atoms with Crippen molar-refractivity contribution < 1.29 is 0 Å². The molecule has 1 N–H and O–H groups in total. The molecule has 1 heteroatoms. The van der Waals surface area contributed by atoms with Crippen molar-refractivity contribution >= 4 is 11.4 Å². The van der Waals surface area contributed by atoms with Crippen LogP contribution in [0.5, 0.6) is 0 Å². The summed E-state index contributed by atoms with van der Waals surface area (Å²) >= 11 is 0. The second-order valence-electron chi connectivity index (χ2n) is 14.0. The Balaban J connectivity index is 1.15. The van der Waals surface area contributed by atoms with Gasteiger partial charge in [0, 0.05) is 11.4 Å². The van der Waals surface area contributed by atoms with Gasteiger partial charge in [-0.3, -0.25) is 0 Å². The van der Waals surface area contributed by atoms with Gasteiger partial charge in [-0.25, -0.2) is 0 Å². The molecule has 51 heavy (non-hydrogen) atoms. The van der Waals surface area contributed by atoms with Crippen LogP contribution in [0, 0.1) is 0 Å². The first-order valence-electron chi connectivity index (χ1n) is 18.1. The molecule has 0 aliphatic heterocycles. The molecule has 0 amide bonds. The average Bonchev–Trinajstić information content (AvgIpc) is 3.67. The van der Waals surface area contributed by atoms with Crippen LogP contribution in [0.4, 0.5) is 11.4 Å². The van der Waals surface area contributed by atoms with Crippen LogP contribution in [0.3, 0.4) is 0 Å². The monoisotopic (exact) mass is 651 g/mol. The smallest absolute Gasteiger partial charge is 0.0714 e. The first-order valence-corrected chi connectivity index (χ1v) is 18.1. The highest BCUT2D eigenvalue weighted by molar-refractivity contribution is 5.90. The van der Waals surface area contributed by atoms with Crippen LogP contribution in [0.15, 0.2) is 200 Å². The molecule has 0 heterocycles. The molecule has 3 aliphatic carbocycles. The molecule has 242 valence electrons. The standard InChI is InChI=1S/C50H37N/c1-5-17-35(18-6-1)49(36-19-7-2-8-20-36)45-27-15-13-25-41(45)43-31-29-39(33-47(43)49)51-40-30-32-44-42-26-14-16-28-46(42)50(48(44)34-40,37-21-9-3-10-22-37)38-23-11-4-12-24-38/h1-11,13-23,25-34,51H,12,24H2. The van der Waals surface area contributed by atoms with Crippen molar-refractivity contribution in [1.82, 2.24) is 0 Å². The maximum atomic E-state index is 3.92. The van der Waals surface area contributed by atoms with Crippen LogP contribution < -0.4 is 5.32 Å². The van der Waals surface area contributed by atoms with Crippen molar-refractivity contribution in [3.63, 3.8) is 0 Å². The van der Waals surface area contributed by atoms with Gasteiger partial charge in [0.05, 0.1) is 10.8 Å². The van der Waals surface area contributed by atoms with E-state index in [9.17, 15) is 0 Å². The lowest BCUT2D eigenvalue weighted by atomic mass is 9.65. The molecule has 1 nitrogen and oxygen atoms in total. The Morgan fingerprint density at radius 3 is 1.33 bits per heavy atom.